The van der Waals surface area contributed by atoms with Crippen LogP contribution in [0, 0.1) is 11.8 Å². The average molecular weight is 375 g/mol. The molecule has 0 aromatic rings. The minimum Gasteiger partial charge on any atom is -2.00 e. The van der Waals surface area contributed by atoms with Crippen LogP contribution in [0.4, 0.5) is 0 Å². The van der Waals surface area contributed by atoms with Crippen LogP contribution in [-0.2, 0) is 42.6 Å². The Balaban J connectivity index is -0.000000256. The first kappa shape index (κ1) is 25.1. The molecule has 0 aromatic heterocycles. The van der Waals surface area contributed by atoms with E-state index in [4.69, 9.17) is 0 Å². The summed E-state index contributed by atoms with van der Waals surface area (Å²) < 4.78 is 4.94. The topological polar surface area (TPSA) is 35.0 Å². The number of rotatable bonds is 8. The van der Waals surface area contributed by atoms with Crippen molar-refractivity contribution in [3.63, 3.8) is 0 Å². The fourth-order valence-electron chi connectivity index (χ4n) is 1.20. The van der Waals surface area contributed by atoms with E-state index in [9.17, 15) is 0 Å². The zero-order valence-electron chi connectivity index (χ0n) is 14.1. The molecule has 0 saturated heterocycles. The van der Waals surface area contributed by atoms with Gasteiger partial charge in [-0.2, -0.15) is 0 Å². The molecule has 0 rings (SSSR count). The Kier molecular flexibility index (Phi) is 22.7. The molecule has 0 spiro atoms. The van der Waals surface area contributed by atoms with Gasteiger partial charge in [0.25, 0.3) is 0 Å². The van der Waals surface area contributed by atoms with Gasteiger partial charge in [0.15, 0.2) is 0 Å². The minimum atomic E-state index is 0. The quantitative estimate of drug-likeness (QED) is 0.609. The summed E-state index contributed by atoms with van der Waals surface area (Å²) in [4.78, 5) is 0. The van der Waals surface area contributed by atoms with Crippen LogP contribution >= 0.6 is 0 Å². The van der Waals surface area contributed by atoms with E-state index >= 15 is 0 Å². The third-order valence-corrected chi connectivity index (χ3v) is 6.14. The van der Waals surface area contributed by atoms with Crippen LogP contribution in [0.25, 0.3) is 0 Å². The van der Waals surface area contributed by atoms with E-state index in [2.05, 4.69) is 48.8 Å². The molecule has 5 heteroatoms. The van der Waals surface area contributed by atoms with Crippen molar-refractivity contribution in [1.29, 1.82) is 0 Å². The normalized spacial score (nSPS) is 10.8. The van der Waals surface area contributed by atoms with Crippen molar-refractivity contribution in [1.82, 2.24) is 7.29 Å². The summed E-state index contributed by atoms with van der Waals surface area (Å²) in [6, 6.07) is 0. The summed E-state index contributed by atoms with van der Waals surface area (Å²) in [6.45, 7) is 18.6. The molecule has 0 aromatic carbocycles. The van der Waals surface area contributed by atoms with Crippen LogP contribution in [0.5, 0.6) is 0 Å². The van der Waals surface area contributed by atoms with E-state index in [1.807, 2.05) is 0 Å². The molecule has 0 heterocycles. The molecule has 19 heavy (non-hydrogen) atoms. The molecule has 0 amide bonds. The third kappa shape index (κ3) is 24.5. The number of hydrogen-bond donors (Lipinski definition) is 0. The molecule has 3 nitrogen and oxygen atoms in total. The van der Waals surface area contributed by atoms with Gasteiger partial charge in [0.1, 0.15) is 0 Å². The predicted molar refractivity (Wildman–Crippen MR) is 74.1 cm³/mol. The summed E-state index contributed by atoms with van der Waals surface area (Å²) in [6.07, 6.45) is 2.71. The Morgan fingerprint density at radius 2 is 1.00 bits per heavy atom. The summed E-state index contributed by atoms with van der Waals surface area (Å²) >= 11 is 2.65. The van der Waals surface area contributed by atoms with Crippen LogP contribution in [0.1, 0.15) is 54.4 Å². The molecule has 108 valence electrons. The largest absolute Gasteiger partial charge is 2.00 e. The Morgan fingerprint density at radius 3 is 1.16 bits per heavy atom. The smallest absolute Gasteiger partial charge is 2.00 e. The third-order valence-electron chi connectivity index (χ3n) is 2.94. The van der Waals surface area contributed by atoms with Crippen LogP contribution < -0.4 is 0 Å². The van der Waals surface area contributed by atoms with Crippen LogP contribution in [0.3, 0.4) is 0 Å². The molecule has 0 unspecified atom stereocenters. The van der Waals surface area contributed by atoms with Gasteiger partial charge in [-0.3, -0.25) is 0 Å². The summed E-state index contributed by atoms with van der Waals surface area (Å²) in [7, 11) is 0. The summed E-state index contributed by atoms with van der Waals surface area (Å²) in [5.74, 6) is 1.73. The maximum atomic E-state index is 2.47. The zero-order valence-corrected chi connectivity index (χ0v) is 20.0. The molecule has 0 atom stereocenters. The first-order chi connectivity index (χ1) is 8.33. The Labute approximate surface area is 142 Å². The van der Waals surface area contributed by atoms with E-state index in [0.29, 0.717) is 0 Å². The van der Waals surface area contributed by atoms with Crippen LogP contribution in [0.2, 0.25) is 0 Å². The van der Waals surface area contributed by atoms with Gasteiger partial charge in [0, 0.05) is 0 Å². The fourth-order valence-corrected chi connectivity index (χ4v) is 1.96. The SMILES string of the molecule is CC[N]([Zn+])CCC(C)C.CC[N]([Zn+])CCC(C)C.[O-2]. The second-order valence-electron chi connectivity index (χ2n) is 5.79. The molecule has 0 fully saturated rings. The molecular weight excluding hydrogens is 343 g/mol. The van der Waals surface area contributed by atoms with E-state index in [-0.39, 0.29) is 5.48 Å². The van der Waals surface area contributed by atoms with Crippen molar-refractivity contribution >= 4 is 0 Å². The van der Waals surface area contributed by atoms with Gasteiger partial charge >= 0.3 is 137 Å². The fraction of sp³-hybridized carbons (Fsp3) is 1.00. The van der Waals surface area contributed by atoms with Gasteiger partial charge < -0.3 is 5.48 Å². The van der Waals surface area contributed by atoms with Crippen molar-refractivity contribution in [2.75, 3.05) is 26.2 Å². The van der Waals surface area contributed by atoms with E-state index < -0.39 is 0 Å². The molecule has 0 bridgehead atoms. The van der Waals surface area contributed by atoms with E-state index in [1.165, 1.54) is 76.1 Å². The number of hydrogen-bond acceptors (Lipinski definition) is 2. The zero-order chi connectivity index (χ0) is 14.6. The molecule has 0 aliphatic rings. The van der Waals surface area contributed by atoms with Crippen LogP contribution in [0.15, 0.2) is 0 Å². The molecule has 0 aliphatic carbocycles. The Hall–Kier alpha value is 1.13. The van der Waals surface area contributed by atoms with Crippen molar-refractivity contribution in [3.05, 3.63) is 0 Å². The standard InChI is InChI=1S/2C7H16N.O.2Zn/c2*1-4-8-6-5-7(2)3;;;/h2*7H,4-6H2,1-3H3;;;/q2*-1;-2;2*+2. The maximum Gasteiger partial charge on any atom is -2.00 e. The summed E-state index contributed by atoms with van der Waals surface area (Å²) in [5.41, 5.74) is 0. The van der Waals surface area contributed by atoms with Gasteiger partial charge in [-0.15, -0.1) is 0 Å². The second-order valence-corrected chi connectivity index (χ2v) is 9.54. The molecular formula is C14H32N2OZn2. The minimum absolute atomic E-state index is 0. The summed E-state index contributed by atoms with van der Waals surface area (Å²) in [5, 5.41) is 0. The van der Waals surface area contributed by atoms with Crippen molar-refractivity contribution in [3.8, 4) is 0 Å². The molecule has 0 aliphatic heterocycles. The van der Waals surface area contributed by atoms with Gasteiger partial charge in [-0.05, 0) is 0 Å². The van der Waals surface area contributed by atoms with Gasteiger partial charge in [0.2, 0.25) is 0 Å². The number of nitrogens with zero attached hydrogens (tertiary/aromatic N) is 2. The second kappa shape index (κ2) is 17.2. The van der Waals surface area contributed by atoms with Gasteiger partial charge in [-0.1, -0.05) is 0 Å². The van der Waals surface area contributed by atoms with E-state index in [0.717, 1.165) is 11.8 Å². The monoisotopic (exact) mass is 372 g/mol. The molecule has 0 N–H and O–H groups in total. The molecule has 0 radical (unpaired) electrons. The first-order valence-corrected chi connectivity index (χ1v) is 10.1. The van der Waals surface area contributed by atoms with Crippen LogP contribution in [-0.4, -0.2) is 33.5 Å². The van der Waals surface area contributed by atoms with Crippen molar-refractivity contribution in [2.45, 2.75) is 54.4 Å². The van der Waals surface area contributed by atoms with E-state index in [1.54, 1.807) is 0 Å². The average Bonchev–Trinajstić information content (AvgIpc) is 2.33. The Bertz CT molecular complexity index is 152. The first-order valence-electron chi connectivity index (χ1n) is 7.44. The Morgan fingerprint density at radius 1 is 0.737 bits per heavy atom. The van der Waals surface area contributed by atoms with Gasteiger partial charge in [0.05, 0.1) is 0 Å². The predicted octanol–water partition coefficient (Wildman–Crippen LogP) is 3.51. The molecule has 0 saturated carbocycles. The van der Waals surface area contributed by atoms with Crippen molar-refractivity contribution in [2.24, 2.45) is 11.8 Å². The van der Waals surface area contributed by atoms with Gasteiger partial charge in [-0.25, -0.2) is 0 Å². The van der Waals surface area contributed by atoms with Crippen molar-refractivity contribution < 1.29 is 42.6 Å². The maximum absolute atomic E-state index is 2.47.